The lowest BCUT2D eigenvalue weighted by atomic mass is 10.3. The minimum atomic E-state index is -0.170. The molecule has 4 aromatic rings. The van der Waals surface area contributed by atoms with Gasteiger partial charge in [-0.05, 0) is 42.8 Å². The summed E-state index contributed by atoms with van der Waals surface area (Å²) < 4.78 is 17.7. The molecule has 0 saturated carbocycles. The van der Waals surface area contributed by atoms with Crippen LogP contribution in [0.4, 0.5) is 5.95 Å². The Kier molecular flexibility index (Phi) is 5.42. The first-order valence-electron chi connectivity index (χ1n) is 9.24. The number of nitrogens with two attached hydrogens (primary N) is 1. The third kappa shape index (κ3) is 4.29. The lowest BCUT2D eigenvalue weighted by molar-refractivity contribution is -0.123. The highest BCUT2D eigenvalue weighted by Crippen LogP contribution is 2.23. The Balaban J connectivity index is 1.44. The zero-order chi connectivity index (χ0) is 20.9. The second kappa shape index (κ2) is 8.47. The first-order chi connectivity index (χ1) is 14.6. The van der Waals surface area contributed by atoms with E-state index in [1.165, 1.54) is 10.8 Å². The number of fused-ring (bicyclic) bond motifs is 1. The summed E-state index contributed by atoms with van der Waals surface area (Å²) in [6.07, 6.45) is 2.39. The van der Waals surface area contributed by atoms with E-state index in [0.717, 1.165) is 6.42 Å². The summed E-state index contributed by atoms with van der Waals surface area (Å²) in [5, 5.41) is 6.97. The van der Waals surface area contributed by atoms with Gasteiger partial charge < -0.3 is 24.9 Å². The second-order valence-corrected chi connectivity index (χ2v) is 6.20. The highest BCUT2D eigenvalue weighted by atomic mass is 16.5. The first-order valence-corrected chi connectivity index (χ1v) is 9.24. The average molecular weight is 409 g/mol. The maximum absolute atomic E-state index is 11.6. The molecule has 1 amide bonds. The van der Waals surface area contributed by atoms with Gasteiger partial charge in [-0.15, -0.1) is 5.10 Å². The summed E-state index contributed by atoms with van der Waals surface area (Å²) in [5.74, 6) is 1.94. The van der Waals surface area contributed by atoms with E-state index in [2.05, 4.69) is 25.4 Å². The largest absolute Gasteiger partial charge is 0.484 e. The summed E-state index contributed by atoms with van der Waals surface area (Å²) in [6.45, 7) is 2.55. The van der Waals surface area contributed by atoms with Gasteiger partial charge in [-0.2, -0.15) is 19.5 Å². The van der Waals surface area contributed by atoms with Crippen molar-refractivity contribution in [1.82, 2.24) is 29.9 Å². The van der Waals surface area contributed by atoms with Crippen molar-refractivity contribution in [3.63, 3.8) is 0 Å². The normalized spacial score (nSPS) is 10.8. The Morgan fingerprint density at radius 3 is 2.70 bits per heavy atom. The lowest BCUT2D eigenvalue weighted by Crippen LogP contribution is -2.29. The highest BCUT2D eigenvalue weighted by molar-refractivity contribution is 5.77. The monoisotopic (exact) mass is 409 g/mol. The van der Waals surface area contributed by atoms with E-state index in [9.17, 15) is 4.79 Å². The molecule has 0 aliphatic carbocycles. The molecule has 11 heteroatoms. The molecule has 0 unspecified atom stereocenters. The predicted molar refractivity (Wildman–Crippen MR) is 106 cm³/mol. The number of carbonyl (C=O) groups excluding carboxylic acids is 1. The van der Waals surface area contributed by atoms with E-state index in [-0.39, 0.29) is 30.3 Å². The van der Waals surface area contributed by atoms with E-state index in [0.29, 0.717) is 29.6 Å². The average Bonchev–Trinajstić information content (AvgIpc) is 3.41. The SMILES string of the molecule is CCCNC(=O)COc1ccc(Oc2nc(N)n3nc(-c4ccco4)nc3n2)cc1. The van der Waals surface area contributed by atoms with Crippen molar-refractivity contribution in [3.05, 3.63) is 42.7 Å². The van der Waals surface area contributed by atoms with E-state index >= 15 is 0 Å². The molecule has 3 heterocycles. The van der Waals surface area contributed by atoms with E-state index in [1.54, 1.807) is 36.4 Å². The van der Waals surface area contributed by atoms with Gasteiger partial charge in [-0.1, -0.05) is 6.92 Å². The van der Waals surface area contributed by atoms with E-state index in [4.69, 9.17) is 19.6 Å². The number of rotatable bonds is 8. The Morgan fingerprint density at radius 2 is 1.97 bits per heavy atom. The van der Waals surface area contributed by atoms with Crippen LogP contribution in [0.2, 0.25) is 0 Å². The number of nitrogens with zero attached hydrogens (tertiary/aromatic N) is 5. The van der Waals surface area contributed by atoms with Gasteiger partial charge >= 0.3 is 6.01 Å². The van der Waals surface area contributed by atoms with Crippen LogP contribution in [0.15, 0.2) is 47.1 Å². The first kappa shape index (κ1) is 19.2. The number of anilines is 1. The molecular formula is C19H19N7O4. The quantitative estimate of drug-likeness (QED) is 0.447. The van der Waals surface area contributed by atoms with Gasteiger partial charge in [0.25, 0.3) is 11.7 Å². The molecule has 0 spiro atoms. The minimum absolute atomic E-state index is 0.0195. The van der Waals surface area contributed by atoms with Crippen LogP contribution in [0.5, 0.6) is 17.5 Å². The Labute approximate surface area is 170 Å². The molecule has 0 aliphatic heterocycles. The number of nitrogen functional groups attached to an aromatic ring is 1. The van der Waals surface area contributed by atoms with Crippen molar-refractivity contribution in [3.8, 4) is 29.1 Å². The summed E-state index contributed by atoms with van der Waals surface area (Å²) in [4.78, 5) is 24.2. The molecule has 3 aromatic heterocycles. The molecule has 0 saturated heterocycles. The predicted octanol–water partition coefficient (Wildman–Crippen LogP) is 2.06. The smallest absolute Gasteiger partial charge is 0.328 e. The second-order valence-electron chi connectivity index (χ2n) is 6.20. The van der Waals surface area contributed by atoms with Crippen molar-refractivity contribution in [2.75, 3.05) is 18.9 Å². The summed E-state index contributed by atoms with van der Waals surface area (Å²) in [7, 11) is 0. The molecule has 0 bridgehead atoms. The number of furan rings is 1. The molecule has 0 aliphatic rings. The van der Waals surface area contributed by atoms with Crippen molar-refractivity contribution in [2.24, 2.45) is 0 Å². The van der Waals surface area contributed by atoms with Crippen LogP contribution in [-0.2, 0) is 4.79 Å². The zero-order valence-corrected chi connectivity index (χ0v) is 16.1. The van der Waals surface area contributed by atoms with Gasteiger partial charge in [0.05, 0.1) is 6.26 Å². The van der Waals surface area contributed by atoms with Crippen LogP contribution in [0.3, 0.4) is 0 Å². The molecule has 0 fully saturated rings. The number of hydrogen-bond donors (Lipinski definition) is 2. The number of carbonyl (C=O) groups is 1. The Hall–Kier alpha value is -4.15. The molecule has 0 atom stereocenters. The Morgan fingerprint density at radius 1 is 1.17 bits per heavy atom. The molecule has 11 nitrogen and oxygen atoms in total. The summed E-state index contributed by atoms with van der Waals surface area (Å²) >= 11 is 0. The Bertz CT molecular complexity index is 1140. The fourth-order valence-corrected chi connectivity index (χ4v) is 2.52. The summed E-state index contributed by atoms with van der Waals surface area (Å²) in [5.41, 5.74) is 5.94. The van der Waals surface area contributed by atoms with Crippen LogP contribution < -0.4 is 20.5 Å². The van der Waals surface area contributed by atoms with Gasteiger partial charge in [-0.3, -0.25) is 4.79 Å². The van der Waals surface area contributed by atoms with Crippen LogP contribution in [-0.4, -0.2) is 43.6 Å². The third-order valence-electron chi connectivity index (χ3n) is 3.93. The van der Waals surface area contributed by atoms with Crippen molar-refractivity contribution in [1.29, 1.82) is 0 Å². The van der Waals surface area contributed by atoms with Crippen LogP contribution in [0.1, 0.15) is 13.3 Å². The molecular weight excluding hydrogens is 390 g/mol. The number of ether oxygens (including phenoxy) is 2. The van der Waals surface area contributed by atoms with E-state index in [1.807, 2.05) is 6.92 Å². The third-order valence-corrected chi connectivity index (χ3v) is 3.93. The van der Waals surface area contributed by atoms with Gasteiger partial charge in [0.2, 0.25) is 11.8 Å². The topological polar surface area (TPSA) is 143 Å². The number of nitrogens with one attached hydrogen (secondary N) is 1. The standard InChI is InChI=1S/C19H19N7O4/c1-2-9-21-15(27)11-29-12-5-7-13(8-6-12)30-19-23-17(20)26-18(24-19)22-16(25-26)14-4-3-10-28-14/h3-8,10H,2,9,11H2,1H3,(H,21,27)(H2,20,22,23,24,25). The van der Waals surface area contributed by atoms with Gasteiger partial charge in [-0.25, -0.2) is 0 Å². The number of hydrogen-bond acceptors (Lipinski definition) is 9. The van der Waals surface area contributed by atoms with Crippen LogP contribution >= 0.6 is 0 Å². The molecule has 154 valence electrons. The fourth-order valence-electron chi connectivity index (χ4n) is 2.52. The van der Waals surface area contributed by atoms with Crippen LogP contribution in [0.25, 0.3) is 17.4 Å². The fraction of sp³-hybridized carbons (Fsp3) is 0.211. The lowest BCUT2D eigenvalue weighted by Gasteiger charge is -2.08. The van der Waals surface area contributed by atoms with Gasteiger partial charge in [0.1, 0.15) is 11.5 Å². The minimum Gasteiger partial charge on any atom is -0.484 e. The zero-order valence-electron chi connectivity index (χ0n) is 16.1. The highest BCUT2D eigenvalue weighted by Gasteiger charge is 2.15. The van der Waals surface area contributed by atoms with Gasteiger partial charge in [0, 0.05) is 6.54 Å². The molecule has 4 rings (SSSR count). The molecule has 3 N–H and O–H groups in total. The number of benzene rings is 1. The molecule has 0 radical (unpaired) electrons. The molecule has 30 heavy (non-hydrogen) atoms. The maximum Gasteiger partial charge on any atom is 0.328 e. The van der Waals surface area contributed by atoms with Crippen molar-refractivity contribution < 1.29 is 18.7 Å². The van der Waals surface area contributed by atoms with Crippen molar-refractivity contribution in [2.45, 2.75) is 13.3 Å². The molecule has 1 aromatic carbocycles. The van der Waals surface area contributed by atoms with Gasteiger partial charge in [0.15, 0.2) is 12.4 Å². The van der Waals surface area contributed by atoms with E-state index < -0.39 is 0 Å². The number of aromatic nitrogens is 5. The van der Waals surface area contributed by atoms with Crippen molar-refractivity contribution >= 4 is 17.6 Å². The summed E-state index contributed by atoms with van der Waals surface area (Å²) in [6, 6.07) is 10.2. The number of amides is 1. The van der Waals surface area contributed by atoms with Crippen LogP contribution in [0, 0.1) is 0 Å². The maximum atomic E-state index is 11.6.